The number of hydroxylamine groups is 2. The first-order chi connectivity index (χ1) is 21.2. The maximum Gasteiger partial charge on any atom is 0.333 e. The first-order valence-electron chi connectivity index (χ1n) is 15.3. The van der Waals surface area contributed by atoms with Crippen molar-refractivity contribution in [2.45, 2.75) is 73.3 Å². The first kappa shape index (κ1) is 33.6. The van der Waals surface area contributed by atoms with Crippen LogP contribution in [0.3, 0.4) is 0 Å². The van der Waals surface area contributed by atoms with E-state index >= 15 is 0 Å². The molecule has 2 aliphatic heterocycles. The highest BCUT2D eigenvalue weighted by Crippen LogP contribution is 2.33. The Hall–Kier alpha value is -4.31. The third-order valence-electron chi connectivity index (χ3n) is 7.81. The molecular weight excluding hydrogens is 574 g/mol. The molecule has 240 valence electrons. The minimum absolute atomic E-state index is 0.0417. The molecule has 1 fully saturated rings. The molecule has 10 nitrogen and oxygen atoms in total. The molecule has 10 heteroatoms. The average molecular weight is 618 g/mol. The summed E-state index contributed by atoms with van der Waals surface area (Å²) in [6.07, 6.45) is 2.31. The number of anilines is 1. The monoisotopic (exact) mass is 617 g/mol. The molecule has 0 aromatic heterocycles. The Bertz CT molecular complexity index is 1480. The number of amides is 4. The van der Waals surface area contributed by atoms with Crippen molar-refractivity contribution in [2.24, 2.45) is 10.8 Å². The van der Waals surface area contributed by atoms with Crippen molar-refractivity contribution in [3.8, 4) is 0 Å². The van der Waals surface area contributed by atoms with E-state index in [1.54, 1.807) is 4.90 Å². The van der Waals surface area contributed by atoms with Gasteiger partial charge in [0.15, 0.2) is 0 Å². The standard InChI is InChI=1S/C35H43N3O7/c1-24-18-25-10-6-7-11-26(25)20-37(28-13-9-8-12-27(24)28)30(40)15-14-29(39)36-21-35(4,5)23-44-22-34(2,3)19-33(43)45-38-31(41)16-17-32(38)42/h6-13,18H,14-17,19-23H2,1-5H3,(H,36,39)/b24-18-. The molecule has 0 bridgehead atoms. The third kappa shape index (κ3) is 9.11. The highest BCUT2D eigenvalue weighted by Gasteiger charge is 2.35. The molecule has 2 aromatic carbocycles. The number of hydrogen-bond acceptors (Lipinski definition) is 7. The van der Waals surface area contributed by atoms with E-state index in [1.807, 2.05) is 83.1 Å². The molecule has 45 heavy (non-hydrogen) atoms. The molecule has 4 amide bonds. The van der Waals surface area contributed by atoms with Crippen molar-refractivity contribution in [2.75, 3.05) is 24.7 Å². The van der Waals surface area contributed by atoms with Gasteiger partial charge in [0.2, 0.25) is 11.8 Å². The number of benzene rings is 2. The van der Waals surface area contributed by atoms with E-state index in [-0.39, 0.29) is 50.5 Å². The Morgan fingerprint density at radius 1 is 0.867 bits per heavy atom. The molecule has 1 N–H and O–H groups in total. The Kier molecular flexibility index (Phi) is 10.6. The van der Waals surface area contributed by atoms with Gasteiger partial charge in [0.1, 0.15) is 0 Å². The van der Waals surface area contributed by atoms with Crippen molar-refractivity contribution in [3.63, 3.8) is 0 Å². The Balaban J connectivity index is 1.24. The number of ether oxygens (including phenoxy) is 1. The summed E-state index contributed by atoms with van der Waals surface area (Å²) in [7, 11) is 0. The van der Waals surface area contributed by atoms with Crippen LogP contribution in [0.1, 0.15) is 83.4 Å². The number of nitrogens with one attached hydrogen (secondary N) is 1. The zero-order valence-electron chi connectivity index (χ0n) is 26.8. The van der Waals surface area contributed by atoms with Crippen molar-refractivity contribution in [3.05, 3.63) is 65.2 Å². The molecule has 0 saturated carbocycles. The number of para-hydroxylation sites is 1. The van der Waals surface area contributed by atoms with E-state index in [0.29, 0.717) is 24.8 Å². The molecule has 2 aromatic rings. The van der Waals surface area contributed by atoms with Gasteiger partial charge in [-0.1, -0.05) is 76.2 Å². The fraction of sp³-hybridized carbons (Fsp3) is 0.457. The number of fused-ring (bicyclic) bond motifs is 2. The van der Waals surface area contributed by atoms with E-state index in [1.165, 1.54) is 0 Å². The van der Waals surface area contributed by atoms with Gasteiger partial charge in [-0.3, -0.25) is 19.2 Å². The molecule has 0 spiro atoms. The summed E-state index contributed by atoms with van der Waals surface area (Å²) in [4.78, 5) is 68.8. The van der Waals surface area contributed by atoms with Gasteiger partial charge >= 0.3 is 5.97 Å². The van der Waals surface area contributed by atoms with Crippen LogP contribution in [0.15, 0.2) is 48.5 Å². The summed E-state index contributed by atoms with van der Waals surface area (Å²) in [6.45, 7) is 10.9. The van der Waals surface area contributed by atoms with Crippen LogP contribution in [-0.4, -0.2) is 54.4 Å². The third-order valence-corrected chi connectivity index (χ3v) is 7.81. The SMILES string of the molecule is C/C1=C/c2ccccc2CN(C(=O)CCC(=O)NCC(C)(C)COCC(C)(C)CC(=O)ON2C(=O)CCC2=O)c2ccccc21. The summed E-state index contributed by atoms with van der Waals surface area (Å²) >= 11 is 0. The molecule has 2 aliphatic rings. The van der Waals surface area contributed by atoms with Crippen molar-refractivity contribution >= 4 is 46.9 Å². The second-order valence-corrected chi connectivity index (χ2v) is 13.3. The number of hydrogen-bond donors (Lipinski definition) is 1. The van der Waals surface area contributed by atoms with E-state index in [2.05, 4.69) is 11.4 Å². The first-order valence-corrected chi connectivity index (χ1v) is 15.3. The molecular formula is C35H43N3O7. The number of carbonyl (C=O) groups excluding carboxylic acids is 5. The van der Waals surface area contributed by atoms with E-state index in [4.69, 9.17) is 9.57 Å². The smallest absolute Gasteiger partial charge is 0.333 e. The van der Waals surface area contributed by atoms with E-state index in [9.17, 15) is 24.0 Å². The van der Waals surface area contributed by atoms with E-state index < -0.39 is 28.6 Å². The molecule has 4 rings (SSSR count). The lowest BCUT2D eigenvalue weighted by Gasteiger charge is -2.29. The number of nitrogens with zero attached hydrogens (tertiary/aromatic N) is 2. The second-order valence-electron chi connectivity index (χ2n) is 13.3. The summed E-state index contributed by atoms with van der Waals surface area (Å²) < 4.78 is 5.91. The van der Waals surface area contributed by atoms with Crippen LogP contribution in [-0.2, 0) is 40.1 Å². The highest BCUT2D eigenvalue weighted by atomic mass is 16.7. The Morgan fingerprint density at radius 3 is 2.24 bits per heavy atom. The van der Waals surface area contributed by atoms with Crippen molar-refractivity contribution < 1.29 is 33.5 Å². The van der Waals surface area contributed by atoms with Gasteiger partial charge in [0.05, 0.1) is 31.9 Å². The number of imide groups is 1. The predicted molar refractivity (Wildman–Crippen MR) is 170 cm³/mol. The topological polar surface area (TPSA) is 122 Å². The highest BCUT2D eigenvalue weighted by molar-refractivity contribution is 6.02. The average Bonchev–Trinajstić information content (AvgIpc) is 3.29. The molecule has 2 heterocycles. The molecule has 1 saturated heterocycles. The van der Waals surface area contributed by atoms with Gasteiger partial charge in [-0.25, -0.2) is 4.79 Å². The van der Waals surface area contributed by atoms with Gasteiger partial charge in [-0.2, -0.15) is 0 Å². The Labute approximate surface area is 264 Å². The van der Waals surface area contributed by atoms with Gasteiger partial charge < -0.3 is 19.8 Å². The normalized spacial score (nSPS) is 16.2. The summed E-state index contributed by atoms with van der Waals surface area (Å²) in [5, 5.41) is 3.48. The predicted octanol–water partition coefficient (Wildman–Crippen LogP) is 5.06. The number of rotatable bonds is 12. The zero-order valence-corrected chi connectivity index (χ0v) is 26.8. The van der Waals surface area contributed by atoms with Crippen LogP contribution in [0.25, 0.3) is 11.6 Å². The van der Waals surface area contributed by atoms with E-state index in [0.717, 1.165) is 28.0 Å². The minimum Gasteiger partial charge on any atom is -0.380 e. The fourth-order valence-corrected chi connectivity index (χ4v) is 5.32. The van der Waals surface area contributed by atoms with Crippen molar-refractivity contribution in [1.29, 1.82) is 0 Å². The lowest BCUT2D eigenvalue weighted by Crippen LogP contribution is -2.39. The minimum atomic E-state index is -0.678. The summed E-state index contributed by atoms with van der Waals surface area (Å²) in [6, 6.07) is 15.9. The largest absolute Gasteiger partial charge is 0.380 e. The van der Waals surface area contributed by atoms with Gasteiger partial charge in [-0.05, 0) is 35.1 Å². The zero-order chi connectivity index (χ0) is 32.8. The van der Waals surface area contributed by atoms with Crippen LogP contribution < -0.4 is 10.2 Å². The van der Waals surface area contributed by atoms with Gasteiger partial charge in [0, 0.05) is 43.2 Å². The fourth-order valence-electron chi connectivity index (χ4n) is 5.32. The van der Waals surface area contributed by atoms with Crippen LogP contribution in [0, 0.1) is 10.8 Å². The van der Waals surface area contributed by atoms with Crippen molar-refractivity contribution in [1.82, 2.24) is 10.4 Å². The van der Waals surface area contributed by atoms with Gasteiger partial charge in [0.25, 0.3) is 11.8 Å². The lowest BCUT2D eigenvalue weighted by atomic mass is 9.90. The molecule has 0 atom stereocenters. The van der Waals surface area contributed by atoms with Crippen LogP contribution in [0.4, 0.5) is 5.69 Å². The quantitative estimate of drug-likeness (QED) is 0.331. The molecule has 0 unspecified atom stereocenters. The van der Waals surface area contributed by atoms with Crippen LogP contribution >= 0.6 is 0 Å². The van der Waals surface area contributed by atoms with Gasteiger partial charge in [-0.15, -0.1) is 5.06 Å². The number of carbonyl (C=O) groups is 5. The lowest BCUT2D eigenvalue weighted by molar-refractivity contribution is -0.199. The Morgan fingerprint density at radius 2 is 1.51 bits per heavy atom. The van der Waals surface area contributed by atoms with Crippen LogP contribution in [0.5, 0.6) is 0 Å². The second kappa shape index (κ2) is 14.2. The maximum absolute atomic E-state index is 13.5. The summed E-state index contributed by atoms with van der Waals surface area (Å²) in [5.41, 5.74) is 3.98. The number of allylic oxidation sites excluding steroid dienone is 1. The summed E-state index contributed by atoms with van der Waals surface area (Å²) in [5.74, 6) is -2.05. The molecule has 0 radical (unpaired) electrons. The maximum atomic E-state index is 13.5. The molecule has 0 aliphatic carbocycles. The van der Waals surface area contributed by atoms with Crippen LogP contribution in [0.2, 0.25) is 0 Å².